The molecule has 20 heavy (non-hydrogen) atoms. The summed E-state index contributed by atoms with van der Waals surface area (Å²) in [6.07, 6.45) is 4.48. The van der Waals surface area contributed by atoms with Gasteiger partial charge in [0.1, 0.15) is 17.4 Å². The van der Waals surface area contributed by atoms with E-state index in [4.69, 9.17) is 11.6 Å². The largest absolute Gasteiger partial charge is 0.324 e. The molecule has 2 unspecified atom stereocenters. The average molecular weight is 288 g/mol. The van der Waals surface area contributed by atoms with Gasteiger partial charge in [0.25, 0.3) is 0 Å². The standard InChI is InChI=1S/C16H18ClN3/c1-2-4-11-9-14(11)20-13-6-3-5-12(10-18)16(13)19-15(20)7-8-17/h3,5-6,11,14H,2,4,7-9H2,1H3. The first-order valence-corrected chi connectivity index (χ1v) is 7.79. The Morgan fingerprint density at radius 3 is 3.05 bits per heavy atom. The predicted molar refractivity (Wildman–Crippen MR) is 80.9 cm³/mol. The Labute approximate surface area is 124 Å². The molecule has 1 aromatic carbocycles. The number of nitrogens with zero attached hydrogens (tertiary/aromatic N) is 3. The van der Waals surface area contributed by atoms with Gasteiger partial charge < -0.3 is 4.57 Å². The summed E-state index contributed by atoms with van der Waals surface area (Å²) in [4.78, 5) is 4.69. The highest BCUT2D eigenvalue weighted by Crippen LogP contribution is 2.48. The van der Waals surface area contributed by atoms with Crippen LogP contribution in [0.2, 0.25) is 0 Å². The third kappa shape index (κ3) is 2.19. The van der Waals surface area contributed by atoms with Crippen molar-refractivity contribution < 1.29 is 0 Å². The van der Waals surface area contributed by atoms with E-state index in [0.29, 0.717) is 17.5 Å². The Morgan fingerprint density at radius 2 is 2.35 bits per heavy atom. The molecule has 0 aliphatic heterocycles. The van der Waals surface area contributed by atoms with Crippen molar-refractivity contribution in [2.45, 2.75) is 38.6 Å². The molecule has 2 atom stereocenters. The molecule has 1 aromatic heterocycles. The molecule has 4 heteroatoms. The number of halogens is 1. The summed E-state index contributed by atoms with van der Waals surface area (Å²) in [5.74, 6) is 2.36. The summed E-state index contributed by atoms with van der Waals surface area (Å²) in [6, 6.07) is 8.64. The number of nitriles is 1. The molecule has 1 saturated carbocycles. The number of aryl methyl sites for hydroxylation is 1. The maximum atomic E-state index is 9.23. The Kier molecular flexibility index (Phi) is 3.67. The third-order valence-corrected chi connectivity index (χ3v) is 4.30. The lowest BCUT2D eigenvalue weighted by Gasteiger charge is -2.08. The summed E-state index contributed by atoms with van der Waals surface area (Å²) in [5.41, 5.74) is 2.58. The van der Waals surface area contributed by atoms with Gasteiger partial charge in [-0.2, -0.15) is 5.26 Å². The molecule has 0 bridgehead atoms. The van der Waals surface area contributed by atoms with E-state index in [2.05, 4.69) is 28.6 Å². The van der Waals surface area contributed by atoms with E-state index in [1.165, 1.54) is 19.3 Å². The predicted octanol–water partition coefficient (Wildman–Crippen LogP) is 4.05. The fourth-order valence-electron chi connectivity index (χ4n) is 3.12. The molecule has 0 N–H and O–H groups in total. The molecule has 1 aliphatic rings. The fourth-order valence-corrected chi connectivity index (χ4v) is 3.28. The van der Waals surface area contributed by atoms with Crippen LogP contribution in [0.5, 0.6) is 0 Å². The Morgan fingerprint density at radius 1 is 1.50 bits per heavy atom. The van der Waals surface area contributed by atoms with Crippen LogP contribution in [0.25, 0.3) is 11.0 Å². The summed E-state index contributed by atoms with van der Waals surface area (Å²) in [5, 5.41) is 9.23. The zero-order valence-corrected chi connectivity index (χ0v) is 12.4. The van der Waals surface area contributed by atoms with E-state index < -0.39 is 0 Å². The molecule has 0 spiro atoms. The van der Waals surface area contributed by atoms with Crippen molar-refractivity contribution in [1.29, 1.82) is 5.26 Å². The number of para-hydroxylation sites is 1. The summed E-state index contributed by atoms with van der Waals surface area (Å²) < 4.78 is 2.33. The summed E-state index contributed by atoms with van der Waals surface area (Å²) >= 11 is 5.91. The number of rotatable bonds is 5. The van der Waals surface area contributed by atoms with E-state index in [1.54, 1.807) is 0 Å². The fraction of sp³-hybridized carbons (Fsp3) is 0.500. The quantitative estimate of drug-likeness (QED) is 0.779. The lowest BCUT2D eigenvalue weighted by molar-refractivity contribution is 0.600. The number of hydrogen-bond donors (Lipinski definition) is 0. The molecule has 104 valence electrons. The van der Waals surface area contributed by atoms with E-state index >= 15 is 0 Å². The first-order valence-electron chi connectivity index (χ1n) is 7.26. The highest BCUT2D eigenvalue weighted by molar-refractivity contribution is 6.17. The minimum atomic E-state index is 0.548. The minimum absolute atomic E-state index is 0.548. The Bertz CT molecular complexity index is 668. The molecule has 3 rings (SSSR count). The second-order valence-electron chi connectivity index (χ2n) is 5.47. The molecule has 1 heterocycles. The van der Waals surface area contributed by atoms with E-state index in [1.807, 2.05) is 12.1 Å². The topological polar surface area (TPSA) is 41.6 Å². The van der Waals surface area contributed by atoms with Crippen molar-refractivity contribution in [2.75, 3.05) is 5.88 Å². The van der Waals surface area contributed by atoms with Gasteiger partial charge >= 0.3 is 0 Å². The van der Waals surface area contributed by atoms with Crippen LogP contribution in [0.15, 0.2) is 18.2 Å². The first kappa shape index (κ1) is 13.5. The number of alkyl halides is 1. The molecule has 0 saturated heterocycles. The van der Waals surface area contributed by atoms with Gasteiger partial charge in [-0.05, 0) is 30.9 Å². The van der Waals surface area contributed by atoms with Gasteiger partial charge in [-0.25, -0.2) is 4.98 Å². The normalized spacial score (nSPS) is 21.1. The highest BCUT2D eigenvalue weighted by atomic mass is 35.5. The van der Waals surface area contributed by atoms with Crippen LogP contribution in [0.4, 0.5) is 0 Å². The second kappa shape index (κ2) is 5.46. The average Bonchev–Trinajstić information content (AvgIpc) is 3.10. The molecular formula is C16H18ClN3. The maximum absolute atomic E-state index is 9.23. The van der Waals surface area contributed by atoms with E-state index in [0.717, 1.165) is 29.2 Å². The van der Waals surface area contributed by atoms with Crippen LogP contribution in [-0.4, -0.2) is 15.4 Å². The van der Waals surface area contributed by atoms with Gasteiger partial charge in [0, 0.05) is 18.3 Å². The van der Waals surface area contributed by atoms with Gasteiger partial charge in [-0.1, -0.05) is 19.4 Å². The molecular weight excluding hydrogens is 270 g/mol. The van der Waals surface area contributed by atoms with Gasteiger partial charge in [-0.3, -0.25) is 0 Å². The van der Waals surface area contributed by atoms with Crippen molar-refractivity contribution in [3.05, 3.63) is 29.6 Å². The molecule has 0 amide bonds. The van der Waals surface area contributed by atoms with Crippen molar-refractivity contribution >= 4 is 22.6 Å². The van der Waals surface area contributed by atoms with Crippen molar-refractivity contribution in [3.63, 3.8) is 0 Å². The maximum Gasteiger partial charge on any atom is 0.111 e. The van der Waals surface area contributed by atoms with Crippen LogP contribution in [-0.2, 0) is 6.42 Å². The number of imidazole rings is 1. The van der Waals surface area contributed by atoms with Crippen LogP contribution in [0, 0.1) is 17.2 Å². The molecule has 1 aliphatic carbocycles. The highest BCUT2D eigenvalue weighted by Gasteiger charge is 2.39. The monoisotopic (exact) mass is 287 g/mol. The Hall–Kier alpha value is -1.53. The smallest absolute Gasteiger partial charge is 0.111 e. The molecule has 2 aromatic rings. The number of hydrogen-bond acceptors (Lipinski definition) is 2. The summed E-state index contributed by atoms with van der Waals surface area (Å²) in [6.45, 7) is 2.23. The van der Waals surface area contributed by atoms with Crippen LogP contribution in [0.3, 0.4) is 0 Å². The Balaban J connectivity index is 2.09. The molecule has 3 nitrogen and oxygen atoms in total. The van der Waals surface area contributed by atoms with E-state index in [-0.39, 0.29) is 0 Å². The second-order valence-corrected chi connectivity index (χ2v) is 5.85. The van der Waals surface area contributed by atoms with Crippen molar-refractivity contribution in [1.82, 2.24) is 9.55 Å². The molecule has 1 fully saturated rings. The number of aromatic nitrogens is 2. The summed E-state index contributed by atoms with van der Waals surface area (Å²) in [7, 11) is 0. The van der Waals surface area contributed by atoms with Gasteiger partial charge in [0.15, 0.2) is 0 Å². The van der Waals surface area contributed by atoms with Gasteiger partial charge in [0.2, 0.25) is 0 Å². The minimum Gasteiger partial charge on any atom is -0.324 e. The zero-order chi connectivity index (χ0) is 14.1. The van der Waals surface area contributed by atoms with Crippen LogP contribution in [0.1, 0.15) is 43.6 Å². The lowest BCUT2D eigenvalue weighted by Crippen LogP contribution is -2.04. The number of fused-ring (bicyclic) bond motifs is 1. The lowest BCUT2D eigenvalue weighted by atomic mass is 10.2. The SMILES string of the molecule is CCCC1CC1n1c(CCCl)nc2c(C#N)cccc21. The van der Waals surface area contributed by atoms with Crippen molar-refractivity contribution in [2.24, 2.45) is 5.92 Å². The zero-order valence-electron chi connectivity index (χ0n) is 11.6. The molecule has 0 radical (unpaired) electrons. The van der Waals surface area contributed by atoms with Crippen molar-refractivity contribution in [3.8, 4) is 6.07 Å². The third-order valence-electron chi connectivity index (χ3n) is 4.11. The van der Waals surface area contributed by atoms with Gasteiger partial charge in [0.05, 0.1) is 11.1 Å². The first-order chi connectivity index (χ1) is 9.80. The van der Waals surface area contributed by atoms with Gasteiger partial charge in [-0.15, -0.1) is 11.6 Å². The van der Waals surface area contributed by atoms with E-state index in [9.17, 15) is 5.26 Å². The number of benzene rings is 1. The van der Waals surface area contributed by atoms with Crippen LogP contribution >= 0.6 is 11.6 Å². The van der Waals surface area contributed by atoms with Crippen LogP contribution < -0.4 is 0 Å².